The molecule has 1 aliphatic heterocycles. The third-order valence-electron chi connectivity index (χ3n) is 24.0. The maximum atomic E-state index is 2.65. The van der Waals surface area contributed by atoms with Gasteiger partial charge in [0.15, 0.2) is 0 Å². The fourth-order valence-corrected chi connectivity index (χ4v) is 16.7. The van der Waals surface area contributed by atoms with E-state index < -0.39 is 0 Å². The third-order valence-corrected chi connectivity index (χ3v) is 24.0. The van der Waals surface area contributed by atoms with E-state index in [1.54, 1.807) is 0 Å². The number of quaternary nitrogens is 1. The second kappa shape index (κ2) is 32.1. The van der Waals surface area contributed by atoms with E-state index in [9.17, 15) is 0 Å². The van der Waals surface area contributed by atoms with Crippen LogP contribution in [-0.4, -0.2) is 17.6 Å². The molecule has 0 atom stereocenters. The predicted molar refractivity (Wildman–Crippen MR) is 473 cm³/mol. The minimum atomic E-state index is -0.0554. The summed E-state index contributed by atoms with van der Waals surface area (Å²) in [5.74, 6) is 0. The maximum Gasteiger partial charge on any atom is 0.106 e. The van der Waals surface area contributed by atoms with Gasteiger partial charge in [0, 0.05) is 22.3 Å². The Hall–Kier alpha value is -6.84. The van der Waals surface area contributed by atoms with Gasteiger partial charge in [-0.05, 0) is 250 Å². The van der Waals surface area contributed by atoms with Crippen LogP contribution < -0.4 is 17.0 Å². The Kier molecular flexibility index (Phi) is 24.9. The second-order valence-corrected chi connectivity index (χ2v) is 41.4. The molecular formula is C106H138BrN. The Morgan fingerprint density at radius 3 is 0.694 bits per heavy atom. The third kappa shape index (κ3) is 19.2. The van der Waals surface area contributed by atoms with Gasteiger partial charge < -0.3 is 21.5 Å². The molecule has 11 rings (SSSR count). The highest BCUT2D eigenvalue weighted by Crippen LogP contribution is 2.53. The zero-order valence-corrected chi connectivity index (χ0v) is 73.9. The lowest BCUT2D eigenvalue weighted by Crippen LogP contribution is -3.00. The van der Waals surface area contributed by atoms with Crippen LogP contribution in [0.4, 0.5) is 0 Å². The lowest BCUT2D eigenvalue weighted by atomic mass is 9.77. The zero-order chi connectivity index (χ0) is 77.8. The number of nitrogens with zero attached hydrogens (tertiary/aromatic N) is 1. The Balaban J connectivity index is 0.0000124. The van der Waals surface area contributed by atoms with Gasteiger partial charge in [0.25, 0.3) is 0 Å². The summed E-state index contributed by atoms with van der Waals surface area (Å²) in [6.07, 6.45) is 15.2. The molecule has 1 heterocycles. The molecule has 0 fully saturated rings. The number of unbranched alkanes of at least 4 members (excludes halogenated alkanes) is 10. The second-order valence-electron chi connectivity index (χ2n) is 41.4. The Morgan fingerprint density at radius 1 is 0.241 bits per heavy atom. The lowest BCUT2D eigenvalue weighted by Gasteiger charge is -2.39. The molecule has 1 aliphatic rings. The smallest absolute Gasteiger partial charge is 0.106 e. The van der Waals surface area contributed by atoms with E-state index in [1.807, 2.05) is 0 Å². The van der Waals surface area contributed by atoms with E-state index in [-0.39, 0.29) is 60.3 Å². The van der Waals surface area contributed by atoms with Crippen LogP contribution in [0.2, 0.25) is 0 Å². The van der Waals surface area contributed by atoms with Gasteiger partial charge in [-0.2, -0.15) is 0 Å². The summed E-state index contributed by atoms with van der Waals surface area (Å²) in [4.78, 5) is 0. The number of halogens is 1. The van der Waals surface area contributed by atoms with E-state index in [0.717, 1.165) is 30.7 Å². The molecule has 0 spiro atoms. The fourth-order valence-electron chi connectivity index (χ4n) is 16.7. The van der Waals surface area contributed by atoms with Gasteiger partial charge in [0.05, 0.1) is 13.1 Å². The van der Waals surface area contributed by atoms with Crippen LogP contribution in [-0.2, 0) is 56.4 Å². The van der Waals surface area contributed by atoms with Gasteiger partial charge in [-0.15, -0.1) is 0 Å². The highest BCUT2D eigenvalue weighted by molar-refractivity contribution is 6.12. The first-order valence-corrected chi connectivity index (χ1v) is 41.8. The minimum absolute atomic E-state index is 0. The molecule has 2 heteroatoms. The minimum Gasteiger partial charge on any atom is -1.00 e. The predicted octanol–water partition coefficient (Wildman–Crippen LogP) is 28.6. The monoisotopic (exact) mass is 1500 g/mol. The molecule has 0 aliphatic carbocycles. The van der Waals surface area contributed by atoms with Crippen molar-refractivity contribution >= 4 is 21.5 Å². The molecule has 10 aromatic rings. The number of hydrogen-bond donors (Lipinski definition) is 0. The molecule has 0 bridgehead atoms. The van der Waals surface area contributed by atoms with Gasteiger partial charge in [-0.1, -0.05) is 353 Å². The average molecular weight is 1510 g/mol. The van der Waals surface area contributed by atoms with Crippen molar-refractivity contribution < 1.29 is 21.5 Å². The molecule has 0 unspecified atom stereocenters. The highest BCUT2D eigenvalue weighted by atomic mass is 79.9. The van der Waals surface area contributed by atoms with Gasteiger partial charge in [0.2, 0.25) is 0 Å². The molecular weight excluding hydrogens is 1370 g/mol. The van der Waals surface area contributed by atoms with Crippen LogP contribution in [0.1, 0.15) is 313 Å². The summed E-state index contributed by atoms with van der Waals surface area (Å²) in [6.45, 7) is 66.3. The van der Waals surface area contributed by atoms with Crippen LogP contribution in [0.3, 0.4) is 0 Å². The Morgan fingerprint density at radius 2 is 0.454 bits per heavy atom. The largest absolute Gasteiger partial charge is 1.00 e. The van der Waals surface area contributed by atoms with Crippen LogP contribution in [0, 0.1) is 0 Å². The molecule has 1 nitrogen and oxygen atoms in total. The molecule has 0 N–H and O–H groups in total. The summed E-state index contributed by atoms with van der Waals surface area (Å²) in [6, 6.07) is 70.4. The highest BCUT2D eigenvalue weighted by Gasteiger charge is 2.39. The molecule has 108 heavy (non-hydrogen) atoms. The molecule has 574 valence electrons. The molecule has 10 aromatic carbocycles. The summed E-state index contributed by atoms with van der Waals surface area (Å²) in [5, 5.41) is 5.28. The maximum absolute atomic E-state index is 2.65. The van der Waals surface area contributed by atoms with Crippen molar-refractivity contribution in [3.05, 3.63) is 225 Å². The van der Waals surface area contributed by atoms with Crippen molar-refractivity contribution in [3.8, 4) is 77.9 Å². The first kappa shape index (κ1) is 83.6. The summed E-state index contributed by atoms with van der Waals surface area (Å²) in [5.41, 5.74) is 32.0. The molecule has 0 amide bonds. The van der Waals surface area contributed by atoms with Gasteiger partial charge >= 0.3 is 0 Å². The number of fused-ring (bicyclic) bond motifs is 7. The van der Waals surface area contributed by atoms with Gasteiger partial charge in [-0.3, -0.25) is 0 Å². The van der Waals surface area contributed by atoms with E-state index in [0.29, 0.717) is 0 Å². The normalized spacial score (nSPS) is 13.9. The van der Waals surface area contributed by atoms with Crippen molar-refractivity contribution in [1.82, 2.24) is 0 Å². The Bertz CT molecular complexity index is 4220. The molecule has 0 radical (unpaired) electrons. The van der Waals surface area contributed by atoms with E-state index in [2.05, 4.69) is 350 Å². The van der Waals surface area contributed by atoms with Crippen molar-refractivity contribution in [3.63, 3.8) is 0 Å². The van der Waals surface area contributed by atoms with Gasteiger partial charge in [0.1, 0.15) is 13.1 Å². The first-order chi connectivity index (χ1) is 49.9. The van der Waals surface area contributed by atoms with Gasteiger partial charge in [-0.25, -0.2) is 0 Å². The zero-order valence-electron chi connectivity index (χ0n) is 72.3. The molecule has 0 saturated carbocycles. The van der Waals surface area contributed by atoms with Crippen LogP contribution in [0.15, 0.2) is 170 Å². The van der Waals surface area contributed by atoms with Crippen LogP contribution in [0.5, 0.6) is 0 Å². The quantitative estimate of drug-likeness (QED) is 0.0527. The first-order valence-electron chi connectivity index (χ1n) is 41.8. The van der Waals surface area contributed by atoms with Crippen LogP contribution >= 0.6 is 0 Å². The van der Waals surface area contributed by atoms with E-state index in [1.165, 1.54) is 232 Å². The Labute approximate surface area is 668 Å². The molecule has 0 aromatic heterocycles. The number of rotatable bonds is 20. The van der Waals surface area contributed by atoms with Crippen molar-refractivity contribution in [2.24, 2.45) is 0 Å². The van der Waals surface area contributed by atoms with Crippen molar-refractivity contribution in [2.75, 3.05) is 13.1 Å². The SMILES string of the molecule is CCCCCCCC[N+]1(CCCCCCCC)Cc2c(-c3cc(-c4cc(C(C)(C)C)cc(C(C)(C)C)c4)cc(-c4cc(C(C)(C)C)cc(C(C)(C)C)c4)c3)cc3ccccc3c2-c2c(c(-c3cc(-c4cc(C(C)(C)C)cc(C(C)(C)C)c4)cc(-c4cc(C(C)(C)C)cc(C(C)(C)C)c4)c3)cc3ccccc23)C1.[Br-]. The number of hydrogen-bond acceptors (Lipinski definition) is 0. The van der Waals surface area contributed by atoms with Crippen LogP contribution in [0.25, 0.3) is 99.4 Å². The van der Waals surface area contributed by atoms with E-state index in [4.69, 9.17) is 0 Å². The standard InChI is InChI=1S/C106H138N.BrH/c1-27-29-31-33-35-41-47-107(48-42-36-34-32-30-28-2)69-95-93(81-51-73(77-55-83(99(3,4)5)65-84(56-77)100(6,7)8)49-74(52-81)78-57-85(101(9,10)11)66-86(58-78)102(12,13)14)63-71-43-37-39-45-91(71)97(95)98-92-46-40-38-44-72(92)64-94(96(98)70-107)82-53-75(79-59-87(103(15,16)17)67-88(60-79)104(18,19)20)50-76(54-82)80-61-89(105(21,22)23)68-90(62-80)106(24,25)26;/h37-40,43-46,49-68H,27-36,41-42,47-48,69-70H2,1-26H3;1H/q+1;/p-1. The lowest BCUT2D eigenvalue weighted by molar-refractivity contribution is -0.953. The topological polar surface area (TPSA) is 0 Å². The average Bonchev–Trinajstić information content (AvgIpc) is 1.44. The summed E-state index contributed by atoms with van der Waals surface area (Å²) in [7, 11) is 0. The molecule has 0 saturated heterocycles. The van der Waals surface area contributed by atoms with E-state index >= 15 is 0 Å². The fraction of sp³-hybridized carbons (Fsp3) is 0.472. The van der Waals surface area contributed by atoms with Crippen molar-refractivity contribution in [1.29, 1.82) is 0 Å². The van der Waals surface area contributed by atoms with Crippen molar-refractivity contribution in [2.45, 2.75) is 313 Å². The number of benzene rings is 10. The summed E-state index contributed by atoms with van der Waals surface area (Å²) < 4.78 is 1.01. The summed E-state index contributed by atoms with van der Waals surface area (Å²) >= 11 is 0.